The van der Waals surface area contributed by atoms with E-state index in [0.717, 1.165) is 0 Å². The molecular formula is C11H23NO7Si. The highest BCUT2D eigenvalue weighted by Gasteiger charge is 2.22. The van der Waals surface area contributed by atoms with E-state index in [1.165, 1.54) is 14.2 Å². The molecule has 0 spiro atoms. The zero-order chi connectivity index (χ0) is 15.4. The summed E-state index contributed by atoms with van der Waals surface area (Å²) in [6, 6.07) is 0. The van der Waals surface area contributed by atoms with E-state index in [9.17, 15) is 9.59 Å². The Morgan fingerprint density at radius 3 is 2.45 bits per heavy atom. The van der Waals surface area contributed by atoms with Gasteiger partial charge in [0, 0.05) is 33.9 Å². The van der Waals surface area contributed by atoms with Gasteiger partial charge in [-0.2, -0.15) is 0 Å². The van der Waals surface area contributed by atoms with Crippen LogP contribution >= 0.6 is 0 Å². The third kappa shape index (κ3) is 9.87. The molecule has 8 nitrogen and oxygen atoms in total. The summed E-state index contributed by atoms with van der Waals surface area (Å²) in [6.45, 7) is 2.38. The number of carboxylic acids is 1. The summed E-state index contributed by atoms with van der Waals surface area (Å²) < 4.78 is 20.4. The molecule has 0 bridgehead atoms. The first-order chi connectivity index (χ1) is 9.43. The van der Waals surface area contributed by atoms with Crippen molar-refractivity contribution in [3.63, 3.8) is 0 Å². The number of hydrogen-bond donors (Lipinski definition) is 2. The van der Waals surface area contributed by atoms with Crippen LogP contribution in [-0.2, 0) is 28.2 Å². The molecule has 0 atom stereocenters. The maximum Gasteiger partial charge on any atom is 0.306 e. The Hall–Kier alpha value is -1.00. The fourth-order valence-corrected chi connectivity index (χ4v) is 2.26. The highest BCUT2D eigenvalue weighted by molar-refractivity contribution is 6.27. The lowest BCUT2D eigenvalue weighted by Crippen LogP contribution is -2.38. The minimum atomic E-state index is -1.01. The van der Waals surface area contributed by atoms with Crippen LogP contribution < -0.4 is 5.32 Å². The normalized spacial score (nSPS) is 11.9. The number of carbonyl (C=O) groups is 2. The van der Waals surface area contributed by atoms with Gasteiger partial charge in [-0.25, -0.2) is 0 Å². The number of esters is 1. The van der Waals surface area contributed by atoms with E-state index in [1.807, 2.05) is 0 Å². The number of nitrogens with one attached hydrogen (secondary N) is 1. The van der Waals surface area contributed by atoms with Gasteiger partial charge in [-0.05, 0) is 0 Å². The largest absolute Gasteiger partial charge is 0.481 e. The molecule has 20 heavy (non-hydrogen) atoms. The molecule has 0 aromatic heterocycles. The highest BCUT2D eigenvalue weighted by Crippen LogP contribution is 2.09. The molecule has 0 aliphatic rings. The van der Waals surface area contributed by atoms with E-state index in [2.05, 4.69) is 5.32 Å². The summed E-state index contributed by atoms with van der Waals surface area (Å²) in [5.41, 5.74) is 0. The number of ether oxygens (including phenoxy) is 3. The van der Waals surface area contributed by atoms with Crippen LogP contribution in [0.5, 0.6) is 0 Å². The maximum atomic E-state index is 11.1. The third-order valence-electron chi connectivity index (χ3n) is 2.47. The first kappa shape index (κ1) is 19.0. The Kier molecular flexibility index (Phi) is 10.2. The predicted molar refractivity (Wildman–Crippen MR) is 72.8 cm³/mol. The Morgan fingerprint density at radius 2 is 1.90 bits per heavy atom. The zero-order valence-electron chi connectivity index (χ0n) is 12.1. The molecule has 0 saturated carbocycles. The zero-order valence-corrected chi connectivity index (χ0v) is 13.6. The molecule has 2 N–H and O–H groups in total. The first-order valence-corrected chi connectivity index (χ1v) is 7.83. The van der Waals surface area contributed by atoms with Crippen LogP contribution in [0.15, 0.2) is 0 Å². The van der Waals surface area contributed by atoms with Crippen LogP contribution in [0.4, 0.5) is 0 Å². The minimum Gasteiger partial charge on any atom is -0.481 e. The van der Waals surface area contributed by atoms with Gasteiger partial charge in [0.2, 0.25) is 0 Å². The molecule has 0 aliphatic heterocycles. The van der Waals surface area contributed by atoms with Crippen molar-refractivity contribution in [1.82, 2.24) is 5.32 Å². The van der Waals surface area contributed by atoms with Crippen molar-refractivity contribution in [1.29, 1.82) is 0 Å². The average molecular weight is 309 g/mol. The van der Waals surface area contributed by atoms with E-state index in [-0.39, 0.29) is 19.4 Å². The molecule has 0 aromatic carbocycles. The summed E-state index contributed by atoms with van der Waals surface area (Å²) >= 11 is 0. The van der Waals surface area contributed by atoms with Gasteiger partial charge in [0.05, 0.1) is 12.8 Å². The van der Waals surface area contributed by atoms with Crippen LogP contribution in [0.3, 0.4) is 0 Å². The van der Waals surface area contributed by atoms with E-state index in [1.54, 1.807) is 6.92 Å². The van der Waals surface area contributed by atoms with Gasteiger partial charge >= 0.3 is 11.9 Å². The van der Waals surface area contributed by atoms with Crippen molar-refractivity contribution in [3.05, 3.63) is 0 Å². The molecule has 0 aromatic rings. The Labute approximate surface area is 120 Å². The Morgan fingerprint density at radius 1 is 1.25 bits per heavy atom. The van der Waals surface area contributed by atoms with E-state index in [4.69, 9.17) is 23.7 Å². The van der Waals surface area contributed by atoms with Gasteiger partial charge < -0.3 is 29.1 Å². The lowest BCUT2D eigenvalue weighted by Gasteiger charge is -2.26. The topological polar surface area (TPSA) is 103 Å². The molecule has 0 amide bonds. The lowest BCUT2D eigenvalue weighted by atomic mass is 10.3. The SMILES string of the molecule is COC(C)(OC)O[SiH2]CNCCOC(=O)CCC(=O)O. The molecule has 0 saturated heterocycles. The third-order valence-corrected chi connectivity index (χ3v) is 3.76. The highest BCUT2D eigenvalue weighted by atomic mass is 28.2. The fourth-order valence-electron chi connectivity index (χ4n) is 1.15. The molecule has 118 valence electrons. The van der Waals surface area contributed by atoms with Crippen molar-refractivity contribution in [2.75, 3.05) is 33.5 Å². The van der Waals surface area contributed by atoms with Crippen LogP contribution in [0.1, 0.15) is 19.8 Å². The maximum absolute atomic E-state index is 11.1. The van der Waals surface area contributed by atoms with Gasteiger partial charge in [-0.3, -0.25) is 9.59 Å². The fraction of sp³-hybridized carbons (Fsp3) is 0.818. The monoisotopic (exact) mass is 309 g/mol. The second-order valence-electron chi connectivity index (χ2n) is 3.98. The summed E-state index contributed by atoms with van der Waals surface area (Å²) in [7, 11) is 2.14. The van der Waals surface area contributed by atoms with Gasteiger partial charge in [-0.1, -0.05) is 0 Å². The van der Waals surface area contributed by atoms with Crippen LogP contribution in [0, 0.1) is 0 Å². The molecule has 0 aliphatic carbocycles. The molecule has 0 unspecified atom stereocenters. The van der Waals surface area contributed by atoms with Crippen molar-refractivity contribution < 1.29 is 33.3 Å². The van der Waals surface area contributed by atoms with E-state index in [0.29, 0.717) is 12.7 Å². The van der Waals surface area contributed by atoms with E-state index < -0.39 is 27.7 Å². The average Bonchev–Trinajstić information content (AvgIpc) is 2.43. The van der Waals surface area contributed by atoms with Crippen molar-refractivity contribution in [2.24, 2.45) is 0 Å². The summed E-state index contributed by atoms with van der Waals surface area (Å²) in [6.07, 6.45) is 0.363. The summed E-state index contributed by atoms with van der Waals surface area (Å²) in [4.78, 5) is 21.3. The van der Waals surface area contributed by atoms with Crippen molar-refractivity contribution >= 4 is 21.7 Å². The number of carbonyl (C=O) groups excluding carboxylic acids is 1. The molecule has 0 heterocycles. The van der Waals surface area contributed by atoms with Gasteiger partial charge in [0.1, 0.15) is 6.61 Å². The van der Waals surface area contributed by atoms with Gasteiger partial charge in [0.25, 0.3) is 5.97 Å². The van der Waals surface area contributed by atoms with Crippen LogP contribution in [0.25, 0.3) is 0 Å². The van der Waals surface area contributed by atoms with Crippen molar-refractivity contribution in [2.45, 2.75) is 25.7 Å². The lowest BCUT2D eigenvalue weighted by molar-refractivity contribution is -0.310. The molecule has 0 fully saturated rings. The van der Waals surface area contributed by atoms with Gasteiger partial charge in [-0.15, -0.1) is 0 Å². The summed E-state index contributed by atoms with van der Waals surface area (Å²) in [5.74, 6) is -2.52. The number of methoxy groups -OCH3 is 2. The smallest absolute Gasteiger partial charge is 0.306 e. The van der Waals surface area contributed by atoms with Crippen LogP contribution in [-0.4, -0.2) is 66.3 Å². The number of carboxylic acid groups (broad SMARTS) is 1. The number of rotatable bonds is 12. The standard InChI is InChI=1S/C11H23NO7Si/c1-11(16-2,17-3)19-20-8-12-6-7-18-10(15)5-4-9(13)14/h12H,4-8,20H2,1-3H3,(H,13,14). The Balaban J connectivity index is 3.45. The number of aliphatic carboxylic acids is 1. The summed E-state index contributed by atoms with van der Waals surface area (Å²) in [5, 5.41) is 11.4. The molecule has 9 heteroatoms. The van der Waals surface area contributed by atoms with Gasteiger partial charge in [0.15, 0.2) is 9.76 Å². The molecule has 0 rings (SSSR count). The minimum absolute atomic E-state index is 0.104. The molecule has 0 radical (unpaired) electrons. The second-order valence-corrected chi connectivity index (χ2v) is 5.18. The van der Waals surface area contributed by atoms with E-state index >= 15 is 0 Å². The second kappa shape index (κ2) is 10.7. The van der Waals surface area contributed by atoms with Crippen LogP contribution in [0.2, 0.25) is 0 Å². The first-order valence-electron chi connectivity index (χ1n) is 6.26. The predicted octanol–water partition coefficient (Wildman–Crippen LogP) is -0.992. The Bertz CT molecular complexity index is 296. The van der Waals surface area contributed by atoms with Crippen molar-refractivity contribution in [3.8, 4) is 0 Å². The quantitative estimate of drug-likeness (QED) is 0.205. The molecular weight excluding hydrogens is 286 g/mol. The number of hydrogen-bond acceptors (Lipinski definition) is 7.